The number of benzene rings is 2. The van der Waals surface area contributed by atoms with Crippen LogP contribution in [0.3, 0.4) is 0 Å². The summed E-state index contributed by atoms with van der Waals surface area (Å²) >= 11 is 0. The van der Waals surface area contributed by atoms with E-state index in [1.807, 2.05) is 24.3 Å². The second kappa shape index (κ2) is 8.65. The van der Waals surface area contributed by atoms with Crippen molar-refractivity contribution in [2.75, 3.05) is 31.1 Å². The molecular weight excluding hydrogens is 387 g/mol. The van der Waals surface area contributed by atoms with Crippen molar-refractivity contribution in [3.63, 3.8) is 0 Å². The normalized spacial score (nSPS) is 16.3. The van der Waals surface area contributed by atoms with Gasteiger partial charge in [0.25, 0.3) is 11.8 Å². The summed E-state index contributed by atoms with van der Waals surface area (Å²) in [5, 5.41) is 0. The maximum atomic E-state index is 13.0. The largest absolute Gasteiger partial charge is 0.455 e. The number of amides is 2. The van der Waals surface area contributed by atoms with Gasteiger partial charge in [0, 0.05) is 30.9 Å². The molecule has 0 radical (unpaired) electrons. The molecule has 0 bridgehead atoms. The fourth-order valence-electron chi connectivity index (χ4n) is 4.02. The molecular formula is C23H23FN2O4. The number of hydrogen-bond acceptors (Lipinski definition) is 4. The van der Waals surface area contributed by atoms with E-state index in [1.165, 1.54) is 24.3 Å². The fraction of sp³-hybridized carbons (Fsp3) is 0.348. The van der Waals surface area contributed by atoms with Crippen LogP contribution in [0.2, 0.25) is 0 Å². The molecule has 2 aromatic rings. The van der Waals surface area contributed by atoms with Gasteiger partial charge in [-0.05, 0) is 55.2 Å². The number of para-hydroxylation sites is 1. The van der Waals surface area contributed by atoms with Gasteiger partial charge in [-0.3, -0.25) is 14.4 Å². The Morgan fingerprint density at radius 2 is 1.67 bits per heavy atom. The summed E-state index contributed by atoms with van der Waals surface area (Å²) < 4.78 is 18.3. The summed E-state index contributed by atoms with van der Waals surface area (Å²) in [5.74, 6) is -1.52. The Morgan fingerprint density at radius 1 is 0.967 bits per heavy atom. The van der Waals surface area contributed by atoms with E-state index < -0.39 is 5.97 Å². The first-order valence-electron chi connectivity index (χ1n) is 10.1. The third-order valence-corrected chi connectivity index (χ3v) is 5.73. The van der Waals surface area contributed by atoms with E-state index in [-0.39, 0.29) is 30.2 Å². The number of likely N-dealkylation sites (tertiary alicyclic amines) is 1. The van der Waals surface area contributed by atoms with Gasteiger partial charge in [0.15, 0.2) is 6.61 Å². The van der Waals surface area contributed by atoms with Gasteiger partial charge in [-0.2, -0.15) is 0 Å². The van der Waals surface area contributed by atoms with Gasteiger partial charge >= 0.3 is 5.97 Å². The van der Waals surface area contributed by atoms with E-state index in [2.05, 4.69) is 0 Å². The summed E-state index contributed by atoms with van der Waals surface area (Å²) in [7, 11) is 0. The molecule has 1 fully saturated rings. The second-order valence-electron chi connectivity index (χ2n) is 7.61. The lowest BCUT2D eigenvalue weighted by atomic mass is 9.96. The summed E-state index contributed by atoms with van der Waals surface area (Å²) in [5.41, 5.74) is 2.43. The summed E-state index contributed by atoms with van der Waals surface area (Å²) in [6.07, 6.45) is 1.76. The highest BCUT2D eigenvalue weighted by Gasteiger charge is 2.30. The van der Waals surface area contributed by atoms with Crippen molar-refractivity contribution in [2.45, 2.75) is 19.3 Å². The minimum Gasteiger partial charge on any atom is -0.455 e. The number of carbonyl (C=O) groups excluding carboxylic acids is 3. The van der Waals surface area contributed by atoms with Gasteiger partial charge in [0.2, 0.25) is 0 Å². The van der Waals surface area contributed by atoms with Crippen LogP contribution in [0, 0.1) is 11.7 Å². The van der Waals surface area contributed by atoms with Gasteiger partial charge in [-0.1, -0.05) is 18.2 Å². The maximum Gasteiger partial charge on any atom is 0.309 e. The van der Waals surface area contributed by atoms with Crippen molar-refractivity contribution < 1.29 is 23.5 Å². The number of rotatable bonds is 4. The van der Waals surface area contributed by atoms with Crippen molar-refractivity contribution >= 4 is 23.5 Å². The standard InChI is InChI=1S/C23H23FN2O4/c24-19-7-5-17(6-8-19)22(28)25-12-9-18(10-13-25)23(29)30-15-21(27)26-14-11-16-3-1-2-4-20(16)26/h1-8,18H,9-15H2. The smallest absolute Gasteiger partial charge is 0.309 e. The van der Waals surface area contributed by atoms with Crippen LogP contribution in [0.5, 0.6) is 0 Å². The predicted octanol–water partition coefficient (Wildman–Crippen LogP) is 2.81. The number of hydrogen-bond donors (Lipinski definition) is 0. The Kier molecular flexibility index (Phi) is 5.79. The van der Waals surface area contributed by atoms with Crippen LogP contribution < -0.4 is 4.90 Å². The maximum absolute atomic E-state index is 13.0. The number of carbonyl (C=O) groups is 3. The Bertz CT molecular complexity index is 952. The van der Waals surface area contributed by atoms with Crippen LogP contribution in [0.1, 0.15) is 28.8 Å². The topological polar surface area (TPSA) is 66.9 Å². The highest BCUT2D eigenvalue weighted by Crippen LogP contribution is 2.27. The first kappa shape index (κ1) is 20.1. The number of piperidine rings is 1. The highest BCUT2D eigenvalue weighted by atomic mass is 19.1. The van der Waals surface area contributed by atoms with Crippen LogP contribution >= 0.6 is 0 Å². The molecule has 1 saturated heterocycles. The lowest BCUT2D eigenvalue weighted by Gasteiger charge is -2.31. The fourth-order valence-corrected chi connectivity index (χ4v) is 4.02. The molecule has 2 aromatic carbocycles. The molecule has 0 aromatic heterocycles. The SMILES string of the molecule is O=C(OCC(=O)N1CCc2ccccc21)C1CCN(C(=O)c2ccc(F)cc2)CC1. The van der Waals surface area contributed by atoms with Crippen molar-refractivity contribution in [1.29, 1.82) is 0 Å². The second-order valence-corrected chi connectivity index (χ2v) is 7.61. The van der Waals surface area contributed by atoms with E-state index in [9.17, 15) is 18.8 Å². The van der Waals surface area contributed by atoms with Crippen LogP contribution in [-0.2, 0) is 20.7 Å². The lowest BCUT2D eigenvalue weighted by Crippen LogP contribution is -2.41. The zero-order valence-electron chi connectivity index (χ0n) is 16.6. The molecule has 0 atom stereocenters. The zero-order valence-corrected chi connectivity index (χ0v) is 16.6. The van der Waals surface area contributed by atoms with Crippen molar-refractivity contribution in [3.8, 4) is 0 Å². The average Bonchev–Trinajstić information content (AvgIpc) is 3.22. The van der Waals surface area contributed by atoms with Crippen LogP contribution in [0.25, 0.3) is 0 Å². The Labute approximate surface area is 174 Å². The molecule has 7 heteroatoms. The van der Waals surface area contributed by atoms with Crippen molar-refractivity contribution in [3.05, 3.63) is 65.5 Å². The van der Waals surface area contributed by atoms with E-state index in [4.69, 9.17) is 4.74 Å². The number of anilines is 1. The van der Waals surface area contributed by atoms with E-state index in [0.29, 0.717) is 38.0 Å². The number of nitrogens with zero attached hydrogens (tertiary/aromatic N) is 2. The molecule has 2 heterocycles. The van der Waals surface area contributed by atoms with Gasteiger partial charge < -0.3 is 14.5 Å². The first-order chi connectivity index (χ1) is 14.5. The van der Waals surface area contributed by atoms with Crippen LogP contribution in [-0.4, -0.2) is 48.9 Å². The molecule has 6 nitrogen and oxygen atoms in total. The minimum absolute atomic E-state index is 0.176. The van der Waals surface area contributed by atoms with Crippen molar-refractivity contribution in [2.24, 2.45) is 5.92 Å². The molecule has 2 aliphatic rings. The predicted molar refractivity (Wildman–Crippen MR) is 108 cm³/mol. The first-order valence-corrected chi connectivity index (χ1v) is 10.1. The molecule has 30 heavy (non-hydrogen) atoms. The Hall–Kier alpha value is -3.22. The number of ether oxygens (including phenoxy) is 1. The average molecular weight is 410 g/mol. The highest BCUT2D eigenvalue weighted by molar-refractivity contribution is 5.97. The van der Waals surface area contributed by atoms with Gasteiger partial charge in [0.05, 0.1) is 5.92 Å². The Balaban J connectivity index is 1.25. The van der Waals surface area contributed by atoms with E-state index >= 15 is 0 Å². The molecule has 0 unspecified atom stereocenters. The Morgan fingerprint density at radius 3 is 2.40 bits per heavy atom. The number of halogens is 1. The van der Waals surface area contributed by atoms with E-state index in [1.54, 1.807) is 9.80 Å². The van der Waals surface area contributed by atoms with Crippen LogP contribution in [0.4, 0.5) is 10.1 Å². The molecule has 156 valence electrons. The van der Waals surface area contributed by atoms with Crippen molar-refractivity contribution in [1.82, 2.24) is 4.90 Å². The molecule has 0 N–H and O–H groups in total. The zero-order chi connectivity index (χ0) is 21.1. The van der Waals surface area contributed by atoms with Gasteiger partial charge in [0.1, 0.15) is 5.82 Å². The third-order valence-electron chi connectivity index (χ3n) is 5.73. The lowest BCUT2D eigenvalue weighted by molar-refractivity contribution is -0.153. The molecule has 0 aliphatic carbocycles. The molecule has 0 saturated carbocycles. The quantitative estimate of drug-likeness (QED) is 0.727. The summed E-state index contributed by atoms with van der Waals surface area (Å²) in [6, 6.07) is 13.2. The number of fused-ring (bicyclic) bond motifs is 1. The molecule has 2 aliphatic heterocycles. The molecule has 2 amide bonds. The van der Waals surface area contributed by atoms with Gasteiger partial charge in [-0.25, -0.2) is 4.39 Å². The monoisotopic (exact) mass is 410 g/mol. The van der Waals surface area contributed by atoms with Gasteiger partial charge in [-0.15, -0.1) is 0 Å². The number of esters is 1. The molecule has 0 spiro atoms. The van der Waals surface area contributed by atoms with E-state index in [0.717, 1.165) is 17.7 Å². The summed E-state index contributed by atoms with van der Waals surface area (Å²) in [6.45, 7) is 1.16. The summed E-state index contributed by atoms with van der Waals surface area (Å²) in [4.78, 5) is 40.7. The molecule has 4 rings (SSSR count). The minimum atomic E-state index is -0.398. The van der Waals surface area contributed by atoms with Crippen LogP contribution in [0.15, 0.2) is 48.5 Å². The third kappa shape index (κ3) is 4.20.